The molecule has 0 atom stereocenters. The van der Waals surface area contributed by atoms with E-state index in [1.54, 1.807) is 12.1 Å². The number of aromatic nitrogens is 1. The maximum Gasteiger partial charge on any atom is 0.240 e. The monoisotopic (exact) mass is 420 g/mol. The number of nitrogens with one attached hydrogen (secondary N) is 1. The van der Waals surface area contributed by atoms with E-state index >= 15 is 0 Å². The second-order valence-electron chi connectivity index (χ2n) is 7.56. The number of hydrogen-bond donors (Lipinski definition) is 1. The molecule has 1 heterocycles. The first-order chi connectivity index (χ1) is 14.4. The van der Waals surface area contributed by atoms with Gasteiger partial charge in [-0.15, -0.1) is 0 Å². The number of hydrogen-bond acceptors (Lipinski definition) is 4. The molecule has 30 heavy (non-hydrogen) atoms. The van der Waals surface area contributed by atoms with Crippen molar-refractivity contribution in [3.05, 3.63) is 83.9 Å². The Labute approximate surface area is 176 Å². The smallest absolute Gasteiger partial charge is 0.240 e. The van der Waals surface area contributed by atoms with Crippen LogP contribution in [0.1, 0.15) is 30.9 Å². The molecule has 4 rings (SSSR count). The molecule has 0 radical (unpaired) electrons. The highest BCUT2D eigenvalue weighted by Crippen LogP contribution is 2.25. The highest BCUT2D eigenvalue weighted by Gasteiger charge is 2.14. The van der Waals surface area contributed by atoms with Gasteiger partial charge in [0.1, 0.15) is 5.52 Å². The minimum absolute atomic E-state index is 0.284. The molecule has 3 aromatic carbocycles. The topological polar surface area (TPSA) is 72.2 Å². The Morgan fingerprint density at radius 2 is 1.70 bits per heavy atom. The van der Waals surface area contributed by atoms with E-state index < -0.39 is 10.0 Å². The zero-order valence-electron chi connectivity index (χ0n) is 17.0. The second-order valence-corrected chi connectivity index (χ2v) is 9.33. The average molecular weight is 421 g/mol. The first kappa shape index (κ1) is 20.3. The molecule has 5 nitrogen and oxygen atoms in total. The van der Waals surface area contributed by atoms with Crippen molar-refractivity contribution in [2.75, 3.05) is 6.54 Å². The third-order valence-electron chi connectivity index (χ3n) is 5.04. The van der Waals surface area contributed by atoms with E-state index in [4.69, 9.17) is 4.42 Å². The van der Waals surface area contributed by atoms with Gasteiger partial charge >= 0.3 is 0 Å². The molecule has 0 amide bonds. The highest BCUT2D eigenvalue weighted by atomic mass is 32.2. The van der Waals surface area contributed by atoms with Crippen LogP contribution in [0.4, 0.5) is 0 Å². The lowest BCUT2D eigenvalue weighted by atomic mass is 10.0. The molecular weight excluding hydrogens is 396 g/mol. The van der Waals surface area contributed by atoms with Crippen LogP contribution < -0.4 is 4.72 Å². The van der Waals surface area contributed by atoms with Gasteiger partial charge in [0.15, 0.2) is 5.58 Å². The standard InChI is InChI=1S/C24H24N2O3S/c1-17(2)19-9-11-21(12-10-19)30(27,28)25-15-14-18-8-13-23-22(16-18)26-24(29-23)20-6-4-3-5-7-20/h3-13,16-17,25H,14-15H2,1-2H3. The van der Waals surface area contributed by atoms with Gasteiger partial charge in [0.05, 0.1) is 4.90 Å². The number of rotatable bonds is 7. The molecule has 0 aliphatic heterocycles. The minimum Gasteiger partial charge on any atom is -0.436 e. The van der Waals surface area contributed by atoms with Gasteiger partial charge < -0.3 is 4.42 Å². The summed E-state index contributed by atoms with van der Waals surface area (Å²) in [5, 5.41) is 0. The van der Waals surface area contributed by atoms with E-state index in [9.17, 15) is 8.42 Å². The van der Waals surface area contributed by atoms with Crippen molar-refractivity contribution in [3.8, 4) is 11.5 Å². The molecule has 0 saturated carbocycles. The van der Waals surface area contributed by atoms with Crippen LogP contribution in [0.25, 0.3) is 22.6 Å². The molecule has 0 saturated heterocycles. The molecule has 0 aliphatic rings. The van der Waals surface area contributed by atoms with Crippen LogP contribution in [-0.2, 0) is 16.4 Å². The fourth-order valence-corrected chi connectivity index (χ4v) is 4.31. The van der Waals surface area contributed by atoms with E-state index in [1.165, 1.54) is 0 Å². The normalized spacial score (nSPS) is 12.0. The Bertz CT molecular complexity index is 1240. The largest absolute Gasteiger partial charge is 0.436 e. The SMILES string of the molecule is CC(C)c1ccc(S(=O)(=O)NCCc2ccc3oc(-c4ccccc4)nc3c2)cc1. The van der Waals surface area contributed by atoms with Crippen LogP contribution in [0.3, 0.4) is 0 Å². The van der Waals surface area contributed by atoms with Crippen molar-refractivity contribution >= 4 is 21.1 Å². The van der Waals surface area contributed by atoms with E-state index in [-0.39, 0.29) is 4.90 Å². The zero-order chi connectivity index (χ0) is 21.1. The van der Waals surface area contributed by atoms with Crippen LogP contribution in [-0.4, -0.2) is 19.9 Å². The molecule has 4 aromatic rings. The summed E-state index contributed by atoms with van der Waals surface area (Å²) in [6, 6.07) is 22.5. The molecule has 0 fully saturated rings. The molecule has 0 bridgehead atoms. The molecule has 154 valence electrons. The number of nitrogens with zero attached hydrogens (tertiary/aromatic N) is 1. The van der Waals surface area contributed by atoms with Crippen molar-refractivity contribution in [3.63, 3.8) is 0 Å². The molecule has 0 aliphatic carbocycles. The fourth-order valence-electron chi connectivity index (χ4n) is 3.28. The molecule has 1 aromatic heterocycles. The number of oxazole rings is 1. The van der Waals surface area contributed by atoms with Gasteiger partial charge in [0.2, 0.25) is 15.9 Å². The second kappa shape index (κ2) is 8.42. The van der Waals surface area contributed by atoms with Gasteiger partial charge in [-0.05, 0) is 59.9 Å². The van der Waals surface area contributed by atoms with Crippen molar-refractivity contribution in [2.45, 2.75) is 31.1 Å². The minimum atomic E-state index is -3.53. The Morgan fingerprint density at radius 3 is 2.40 bits per heavy atom. The summed E-state index contributed by atoms with van der Waals surface area (Å²) in [6.07, 6.45) is 0.562. The van der Waals surface area contributed by atoms with Crippen molar-refractivity contribution in [1.82, 2.24) is 9.71 Å². The number of benzene rings is 3. The molecule has 6 heteroatoms. The average Bonchev–Trinajstić information content (AvgIpc) is 3.18. The van der Waals surface area contributed by atoms with Crippen LogP contribution >= 0.6 is 0 Å². The predicted molar refractivity (Wildman–Crippen MR) is 119 cm³/mol. The lowest BCUT2D eigenvalue weighted by Crippen LogP contribution is -2.26. The highest BCUT2D eigenvalue weighted by molar-refractivity contribution is 7.89. The van der Waals surface area contributed by atoms with Gasteiger partial charge in [-0.1, -0.05) is 50.2 Å². The predicted octanol–water partition coefficient (Wildman–Crippen LogP) is 5.14. The van der Waals surface area contributed by atoms with Crippen molar-refractivity contribution in [2.24, 2.45) is 0 Å². The fraction of sp³-hybridized carbons (Fsp3) is 0.208. The third kappa shape index (κ3) is 4.45. The molecule has 1 N–H and O–H groups in total. The summed E-state index contributed by atoms with van der Waals surface area (Å²) >= 11 is 0. The van der Waals surface area contributed by atoms with Crippen LogP contribution in [0.15, 0.2) is 82.1 Å². The first-order valence-corrected chi connectivity index (χ1v) is 11.5. The number of sulfonamides is 1. The van der Waals surface area contributed by atoms with E-state index in [1.807, 2.05) is 60.7 Å². The van der Waals surface area contributed by atoms with Crippen molar-refractivity contribution in [1.29, 1.82) is 0 Å². The summed E-state index contributed by atoms with van der Waals surface area (Å²) < 4.78 is 33.6. The summed E-state index contributed by atoms with van der Waals surface area (Å²) in [6.45, 7) is 4.47. The molecule has 0 unspecified atom stereocenters. The Kier molecular flexibility index (Phi) is 5.70. The maximum absolute atomic E-state index is 12.5. The van der Waals surface area contributed by atoms with E-state index in [2.05, 4.69) is 23.6 Å². The quantitative estimate of drug-likeness (QED) is 0.449. The van der Waals surface area contributed by atoms with Gasteiger partial charge in [-0.3, -0.25) is 0 Å². The third-order valence-corrected chi connectivity index (χ3v) is 6.51. The van der Waals surface area contributed by atoms with Crippen LogP contribution in [0.2, 0.25) is 0 Å². The van der Waals surface area contributed by atoms with E-state index in [0.717, 1.165) is 22.2 Å². The van der Waals surface area contributed by atoms with Gasteiger partial charge in [0, 0.05) is 12.1 Å². The van der Waals surface area contributed by atoms with Gasteiger partial charge in [-0.2, -0.15) is 0 Å². The number of fused-ring (bicyclic) bond motifs is 1. The maximum atomic E-state index is 12.5. The van der Waals surface area contributed by atoms with E-state index in [0.29, 0.717) is 30.4 Å². The van der Waals surface area contributed by atoms with Crippen molar-refractivity contribution < 1.29 is 12.8 Å². The van der Waals surface area contributed by atoms with Crippen LogP contribution in [0, 0.1) is 0 Å². The Balaban J connectivity index is 1.43. The molecule has 0 spiro atoms. The summed E-state index contributed by atoms with van der Waals surface area (Å²) in [4.78, 5) is 4.85. The zero-order valence-corrected chi connectivity index (χ0v) is 17.8. The molecular formula is C24H24N2O3S. The summed E-state index contributed by atoms with van der Waals surface area (Å²) in [5.74, 6) is 0.942. The Morgan fingerprint density at radius 1 is 0.967 bits per heavy atom. The van der Waals surface area contributed by atoms with Gasteiger partial charge in [-0.25, -0.2) is 18.1 Å². The first-order valence-electron chi connectivity index (χ1n) is 9.97. The van der Waals surface area contributed by atoms with Crippen LogP contribution in [0.5, 0.6) is 0 Å². The van der Waals surface area contributed by atoms with Gasteiger partial charge in [0.25, 0.3) is 0 Å². The summed E-state index contributed by atoms with van der Waals surface area (Å²) in [7, 11) is -3.53. The lowest BCUT2D eigenvalue weighted by molar-refractivity contribution is 0.581. The Hall–Kier alpha value is -2.96. The lowest BCUT2D eigenvalue weighted by Gasteiger charge is -2.09. The summed E-state index contributed by atoms with van der Waals surface area (Å²) in [5.41, 5.74) is 4.51.